The van der Waals surface area contributed by atoms with E-state index in [0.717, 1.165) is 43.7 Å². The van der Waals surface area contributed by atoms with Crippen molar-refractivity contribution in [2.45, 2.75) is 45.2 Å². The van der Waals surface area contributed by atoms with Gasteiger partial charge in [0.25, 0.3) is 0 Å². The van der Waals surface area contributed by atoms with Crippen LogP contribution in [-0.2, 0) is 0 Å². The number of phenolic OH excluding ortho intramolecular Hbond substituents is 1. The van der Waals surface area contributed by atoms with Gasteiger partial charge in [-0.05, 0) is 43.9 Å². The summed E-state index contributed by atoms with van der Waals surface area (Å²) in [5, 5.41) is 13.8. The fourth-order valence-electron chi connectivity index (χ4n) is 3.42. The van der Waals surface area contributed by atoms with Crippen molar-refractivity contribution in [3.63, 3.8) is 0 Å². The van der Waals surface area contributed by atoms with E-state index in [0.29, 0.717) is 11.8 Å². The number of anilines is 1. The Morgan fingerprint density at radius 3 is 2.58 bits per heavy atom. The second-order valence-electron chi connectivity index (χ2n) is 6.64. The van der Waals surface area contributed by atoms with Gasteiger partial charge in [-0.2, -0.15) is 0 Å². The summed E-state index contributed by atoms with van der Waals surface area (Å²) < 4.78 is 0. The zero-order valence-corrected chi connectivity index (χ0v) is 14.6. The van der Waals surface area contributed by atoms with Crippen molar-refractivity contribution in [2.24, 2.45) is 0 Å². The summed E-state index contributed by atoms with van der Waals surface area (Å²) in [5.41, 5.74) is 2.20. The van der Waals surface area contributed by atoms with Crippen LogP contribution in [0.1, 0.15) is 43.4 Å². The lowest BCUT2D eigenvalue weighted by Gasteiger charge is -2.35. The van der Waals surface area contributed by atoms with Gasteiger partial charge in [-0.3, -0.25) is 0 Å². The number of piperidine rings is 1. The summed E-state index contributed by atoms with van der Waals surface area (Å²) in [6, 6.07) is 12.6. The van der Waals surface area contributed by atoms with Crippen LogP contribution < -0.4 is 10.2 Å². The summed E-state index contributed by atoms with van der Waals surface area (Å²) in [4.78, 5) is 6.90. The number of pyridine rings is 1. The second kappa shape index (κ2) is 7.67. The highest BCUT2D eigenvalue weighted by Crippen LogP contribution is 2.28. The Hall–Kier alpha value is -2.07. The van der Waals surface area contributed by atoms with E-state index in [9.17, 15) is 5.11 Å². The molecule has 1 saturated heterocycles. The summed E-state index contributed by atoms with van der Waals surface area (Å²) in [5.74, 6) is 1.46. The van der Waals surface area contributed by atoms with Crippen LogP contribution in [0, 0.1) is 6.92 Å². The smallest absolute Gasteiger partial charge is 0.128 e. The van der Waals surface area contributed by atoms with Crippen LogP contribution in [0.5, 0.6) is 5.75 Å². The van der Waals surface area contributed by atoms with E-state index in [1.807, 2.05) is 24.4 Å². The van der Waals surface area contributed by atoms with Crippen LogP contribution in [-0.4, -0.2) is 29.2 Å². The van der Waals surface area contributed by atoms with Crippen molar-refractivity contribution in [1.82, 2.24) is 10.3 Å². The van der Waals surface area contributed by atoms with Crippen LogP contribution in [0.2, 0.25) is 0 Å². The molecule has 0 amide bonds. The number of nitrogens with zero attached hydrogens (tertiary/aromatic N) is 2. The zero-order chi connectivity index (χ0) is 16.9. The molecule has 0 unspecified atom stereocenters. The van der Waals surface area contributed by atoms with Crippen molar-refractivity contribution in [3.8, 4) is 5.75 Å². The van der Waals surface area contributed by atoms with Crippen molar-refractivity contribution in [1.29, 1.82) is 0 Å². The highest BCUT2D eigenvalue weighted by Gasteiger charge is 2.23. The predicted octanol–water partition coefficient (Wildman–Crippen LogP) is 3.81. The van der Waals surface area contributed by atoms with Gasteiger partial charge in [-0.15, -0.1) is 0 Å². The number of aryl methyl sites for hydroxylation is 1. The van der Waals surface area contributed by atoms with Gasteiger partial charge in [-0.25, -0.2) is 4.98 Å². The number of aromatic hydroxyl groups is 1. The first kappa shape index (κ1) is 16.8. The molecule has 4 heteroatoms. The van der Waals surface area contributed by atoms with Gasteiger partial charge >= 0.3 is 0 Å². The number of rotatable bonds is 5. The molecule has 2 aromatic rings. The minimum absolute atomic E-state index is 0.209. The molecule has 0 aliphatic carbocycles. The molecule has 1 aliphatic rings. The topological polar surface area (TPSA) is 48.4 Å². The predicted molar refractivity (Wildman–Crippen MR) is 98.5 cm³/mol. The number of phenols is 1. The molecule has 3 rings (SSSR count). The Bertz CT molecular complexity index is 648. The molecule has 0 saturated carbocycles. The molecule has 1 atom stereocenters. The van der Waals surface area contributed by atoms with Gasteiger partial charge in [0.15, 0.2) is 0 Å². The van der Waals surface area contributed by atoms with E-state index < -0.39 is 0 Å². The number of hydrogen-bond acceptors (Lipinski definition) is 4. The van der Waals surface area contributed by atoms with E-state index in [2.05, 4.69) is 41.2 Å². The van der Waals surface area contributed by atoms with Crippen molar-refractivity contribution in [2.75, 3.05) is 18.0 Å². The third kappa shape index (κ3) is 3.88. The number of hydrogen-bond donors (Lipinski definition) is 2. The summed E-state index contributed by atoms with van der Waals surface area (Å²) in [6.07, 6.45) is 5.10. The Labute approximate surface area is 144 Å². The lowest BCUT2D eigenvalue weighted by molar-refractivity contribution is 0.355. The molecule has 2 heterocycles. The monoisotopic (exact) mass is 325 g/mol. The molecule has 0 spiro atoms. The van der Waals surface area contributed by atoms with Gasteiger partial charge in [0.1, 0.15) is 11.6 Å². The Balaban J connectivity index is 1.58. The Morgan fingerprint density at radius 1 is 1.21 bits per heavy atom. The lowest BCUT2D eigenvalue weighted by Crippen LogP contribution is -2.44. The average Bonchev–Trinajstić information content (AvgIpc) is 2.62. The lowest BCUT2D eigenvalue weighted by atomic mass is 9.98. The molecule has 1 fully saturated rings. The normalized spacial score (nSPS) is 17.0. The highest BCUT2D eigenvalue weighted by molar-refractivity contribution is 5.40. The zero-order valence-electron chi connectivity index (χ0n) is 14.6. The molecule has 0 radical (unpaired) electrons. The van der Waals surface area contributed by atoms with Crippen LogP contribution in [0.4, 0.5) is 5.82 Å². The molecule has 128 valence electrons. The average molecular weight is 325 g/mol. The van der Waals surface area contributed by atoms with Crippen LogP contribution in [0.3, 0.4) is 0 Å². The largest absolute Gasteiger partial charge is 0.508 e. The number of benzene rings is 1. The van der Waals surface area contributed by atoms with Gasteiger partial charge < -0.3 is 15.3 Å². The maximum absolute atomic E-state index is 10.1. The molecular weight excluding hydrogens is 298 g/mol. The Morgan fingerprint density at radius 2 is 1.96 bits per heavy atom. The quantitative estimate of drug-likeness (QED) is 0.878. The number of aromatic nitrogens is 1. The van der Waals surface area contributed by atoms with Crippen LogP contribution in [0.25, 0.3) is 0 Å². The molecule has 24 heavy (non-hydrogen) atoms. The van der Waals surface area contributed by atoms with E-state index in [-0.39, 0.29) is 6.04 Å². The molecule has 4 nitrogen and oxygen atoms in total. The van der Waals surface area contributed by atoms with Crippen molar-refractivity contribution in [3.05, 3.63) is 53.7 Å². The van der Waals surface area contributed by atoms with E-state index in [1.54, 1.807) is 6.07 Å². The van der Waals surface area contributed by atoms with Crippen LogP contribution >= 0.6 is 0 Å². The van der Waals surface area contributed by atoms with Gasteiger partial charge in [0, 0.05) is 36.9 Å². The first-order valence-electron chi connectivity index (χ1n) is 8.89. The number of nitrogens with one attached hydrogen (secondary N) is 1. The van der Waals surface area contributed by atoms with E-state index in [1.165, 1.54) is 5.56 Å². The Kier molecular flexibility index (Phi) is 5.36. The maximum atomic E-state index is 10.1. The SMILES string of the molecule is CC[C@@H](NC1CCN(c2ccc(C)cn2)CC1)c1ccccc1O. The fraction of sp³-hybridized carbons (Fsp3) is 0.450. The molecule has 1 aliphatic heterocycles. The minimum atomic E-state index is 0.209. The first-order chi connectivity index (χ1) is 11.7. The van der Waals surface area contributed by atoms with Crippen molar-refractivity contribution < 1.29 is 5.11 Å². The van der Waals surface area contributed by atoms with Crippen LogP contribution in [0.15, 0.2) is 42.6 Å². The fourth-order valence-corrected chi connectivity index (χ4v) is 3.42. The van der Waals surface area contributed by atoms with Gasteiger partial charge in [-0.1, -0.05) is 31.2 Å². The van der Waals surface area contributed by atoms with E-state index >= 15 is 0 Å². The molecule has 0 bridgehead atoms. The molecular formula is C20H27N3O. The summed E-state index contributed by atoms with van der Waals surface area (Å²) >= 11 is 0. The molecule has 1 aromatic heterocycles. The standard InChI is InChI=1S/C20H27N3O/c1-3-18(17-6-4-5-7-19(17)24)22-16-10-12-23(13-11-16)20-9-8-15(2)14-21-20/h4-9,14,16,18,22,24H,3,10-13H2,1-2H3/t18-/m1/s1. The maximum Gasteiger partial charge on any atom is 0.128 e. The van der Waals surface area contributed by atoms with E-state index in [4.69, 9.17) is 0 Å². The number of para-hydroxylation sites is 1. The molecule has 2 N–H and O–H groups in total. The summed E-state index contributed by atoms with van der Waals surface area (Å²) in [6.45, 7) is 6.27. The highest BCUT2D eigenvalue weighted by atomic mass is 16.3. The first-order valence-corrected chi connectivity index (χ1v) is 8.89. The third-order valence-corrected chi connectivity index (χ3v) is 4.87. The van der Waals surface area contributed by atoms with Gasteiger partial charge in [0.2, 0.25) is 0 Å². The summed E-state index contributed by atoms with van der Waals surface area (Å²) in [7, 11) is 0. The third-order valence-electron chi connectivity index (χ3n) is 4.87. The van der Waals surface area contributed by atoms with Crippen molar-refractivity contribution >= 4 is 5.82 Å². The minimum Gasteiger partial charge on any atom is -0.508 e. The second-order valence-corrected chi connectivity index (χ2v) is 6.64. The van der Waals surface area contributed by atoms with Gasteiger partial charge in [0.05, 0.1) is 0 Å². The molecule has 1 aromatic carbocycles.